The molecule has 1 spiro atoms. The summed E-state index contributed by atoms with van der Waals surface area (Å²) in [4.78, 5) is -0.415. The molecule has 0 saturated heterocycles. The summed E-state index contributed by atoms with van der Waals surface area (Å²) in [6.45, 7) is 0. The van der Waals surface area contributed by atoms with Gasteiger partial charge < -0.3 is 4.52 Å². The van der Waals surface area contributed by atoms with Crippen molar-refractivity contribution in [2.75, 3.05) is 4.72 Å². The summed E-state index contributed by atoms with van der Waals surface area (Å²) in [7, 11) is -4.11. The zero-order valence-electron chi connectivity index (χ0n) is 14.0. The van der Waals surface area contributed by atoms with Crippen LogP contribution >= 0.6 is 15.9 Å². The largest absolute Gasteiger partial charge is 0.354 e. The average Bonchev–Trinajstić information content (AvgIpc) is 3.29. The van der Waals surface area contributed by atoms with Crippen molar-refractivity contribution in [3.05, 3.63) is 63.9 Å². The van der Waals surface area contributed by atoms with Gasteiger partial charge in [-0.15, -0.1) is 0 Å². The van der Waals surface area contributed by atoms with Crippen molar-refractivity contribution in [1.82, 2.24) is 5.16 Å². The Morgan fingerprint density at radius 1 is 1.19 bits per heavy atom. The van der Waals surface area contributed by atoms with Gasteiger partial charge in [0.25, 0.3) is 10.0 Å². The maximum atomic E-state index is 14.0. The van der Waals surface area contributed by atoms with Crippen LogP contribution in [0.4, 0.5) is 10.2 Å². The van der Waals surface area contributed by atoms with Crippen LogP contribution in [-0.2, 0) is 21.9 Å². The molecule has 1 N–H and O–H groups in total. The lowest BCUT2D eigenvalue weighted by Crippen LogP contribution is -2.20. The SMILES string of the molecule is O=S(=O)(Nc1noc2c1CC1(CC1)c1ccc(Br)cc1-2)c1ccccc1F. The number of nitrogens with one attached hydrogen (secondary N) is 1. The number of hydrogen-bond donors (Lipinski definition) is 1. The number of aromatic nitrogens is 1. The summed E-state index contributed by atoms with van der Waals surface area (Å²) >= 11 is 3.48. The molecule has 0 unspecified atom stereocenters. The molecule has 0 amide bonds. The Balaban J connectivity index is 1.60. The van der Waals surface area contributed by atoms with Crippen molar-refractivity contribution in [3.8, 4) is 11.3 Å². The Morgan fingerprint density at radius 3 is 2.70 bits per heavy atom. The second-order valence-corrected chi connectivity index (χ2v) is 9.59. The van der Waals surface area contributed by atoms with Crippen molar-refractivity contribution in [1.29, 1.82) is 0 Å². The van der Waals surface area contributed by atoms with Gasteiger partial charge in [-0.2, -0.15) is 0 Å². The number of nitrogens with zero attached hydrogens (tertiary/aromatic N) is 1. The van der Waals surface area contributed by atoms with Gasteiger partial charge in [-0.3, -0.25) is 4.72 Å². The van der Waals surface area contributed by atoms with E-state index in [1.807, 2.05) is 12.1 Å². The highest BCUT2D eigenvalue weighted by Crippen LogP contribution is 2.58. The molecule has 0 radical (unpaired) electrons. The Bertz CT molecular complexity index is 1190. The molecule has 2 aliphatic rings. The maximum Gasteiger partial charge on any atom is 0.266 e. The van der Waals surface area contributed by atoms with Crippen LogP contribution < -0.4 is 4.72 Å². The number of fused-ring (bicyclic) bond motifs is 4. The third kappa shape index (κ3) is 2.62. The molecule has 2 aromatic carbocycles. The second-order valence-electron chi connectivity index (χ2n) is 7.02. The molecule has 5 nitrogen and oxygen atoms in total. The zero-order chi connectivity index (χ0) is 18.8. The highest BCUT2D eigenvalue weighted by Gasteiger charge is 2.50. The molecular weight excluding hydrogens is 435 g/mol. The molecule has 8 heteroatoms. The van der Waals surface area contributed by atoms with Crippen molar-refractivity contribution in [3.63, 3.8) is 0 Å². The van der Waals surface area contributed by atoms with Crippen LogP contribution in [0.1, 0.15) is 24.0 Å². The Kier molecular flexibility index (Phi) is 3.55. The van der Waals surface area contributed by atoms with Crippen LogP contribution in [0, 0.1) is 5.82 Å². The van der Waals surface area contributed by atoms with E-state index < -0.39 is 20.7 Å². The minimum Gasteiger partial charge on any atom is -0.354 e. The molecule has 1 heterocycles. The van der Waals surface area contributed by atoms with Crippen LogP contribution in [0.25, 0.3) is 11.3 Å². The average molecular weight is 449 g/mol. The van der Waals surface area contributed by atoms with Gasteiger partial charge in [0.05, 0.1) is 0 Å². The monoisotopic (exact) mass is 448 g/mol. The number of anilines is 1. The normalized spacial score (nSPS) is 16.7. The van der Waals surface area contributed by atoms with E-state index in [9.17, 15) is 12.8 Å². The quantitative estimate of drug-likeness (QED) is 0.633. The first-order valence-corrected chi connectivity index (χ1v) is 10.7. The van der Waals surface area contributed by atoms with Gasteiger partial charge in [0.15, 0.2) is 11.6 Å². The third-order valence-corrected chi connectivity index (χ3v) is 7.18. The van der Waals surface area contributed by atoms with Gasteiger partial charge in [0.2, 0.25) is 0 Å². The van der Waals surface area contributed by atoms with E-state index in [1.54, 1.807) is 0 Å². The molecule has 0 bridgehead atoms. The van der Waals surface area contributed by atoms with E-state index in [2.05, 4.69) is 31.9 Å². The summed E-state index contributed by atoms with van der Waals surface area (Å²) < 4.78 is 48.1. The predicted molar refractivity (Wildman–Crippen MR) is 101 cm³/mol. The molecule has 0 aliphatic heterocycles. The standard InChI is InChI=1S/C19H14BrFN2O3S/c20-11-5-6-14-12(9-11)17-13(10-19(14)7-8-19)18(22-26-17)23-27(24,25)16-4-2-1-3-15(16)21/h1-6,9H,7-8,10H2,(H,22,23). The fourth-order valence-electron chi connectivity index (χ4n) is 3.81. The minimum atomic E-state index is -4.11. The van der Waals surface area contributed by atoms with Crippen molar-refractivity contribution in [2.45, 2.75) is 29.6 Å². The summed E-state index contributed by atoms with van der Waals surface area (Å²) in [6, 6.07) is 11.3. The number of sulfonamides is 1. The van der Waals surface area contributed by atoms with Gasteiger partial charge >= 0.3 is 0 Å². The summed E-state index contributed by atoms with van der Waals surface area (Å²) in [5, 5.41) is 3.96. The van der Waals surface area contributed by atoms with Crippen molar-refractivity contribution in [2.24, 2.45) is 0 Å². The molecule has 5 rings (SSSR count). The first kappa shape index (κ1) is 16.9. The smallest absolute Gasteiger partial charge is 0.266 e. The van der Waals surface area contributed by atoms with Gasteiger partial charge in [-0.05, 0) is 49.1 Å². The van der Waals surface area contributed by atoms with Crippen molar-refractivity contribution < 1.29 is 17.3 Å². The molecule has 1 aromatic heterocycles. The first-order valence-electron chi connectivity index (χ1n) is 8.46. The summed E-state index contributed by atoms with van der Waals surface area (Å²) in [5.74, 6) is -0.115. The van der Waals surface area contributed by atoms with Crippen LogP contribution in [0.5, 0.6) is 0 Å². The van der Waals surface area contributed by atoms with Crippen LogP contribution in [-0.4, -0.2) is 13.6 Å². The van der Waals surface area contributed by atoms with E-state index in [-0.39, 0.29) is 11.2 Å². The van der Waals surface area contributed by atoms with E-state index >= 15 is 0 Å². The van der Waals surface area contributed by atoms with Crippen LogP contribution in [0.3, 0.4) is 0 Å². The third-order valence-electron chi connectivity index (χ3n) is 5.31. The number of benzene rings is 2. The minimum absolute atomic E-state index is 0.00672. The lowest BCUT2D eigenvalue weighted by Gasteiger charge is -2.24. The fraction of sp³-hybridized carbons (Fsp3) is 0.211. The Labute approximate surface area is 163 Å². The molecule has 1 fully saturated rings. The zero-order valence-corrected chi connectivity index (χ0v) is 16.4. The second kappa shape index (κ2) is 5.65. The lowest BCUT2D eigenvalue weighted by atomic mass is 9.79. The highest BCUT2D eigenvalue weighted by atomic mass is 79.9. The van der Waals surface area contributed by atoms with Crippen molar-refractivity contribution >= 4 is 31.8 Å². The van der Waals surface area contributed by atoms with Crippen LogP contribution in [0.2, 0.25) is 0 Å². The maximum absolute atomic E-state index is 14.0. The number of hydrogen-bond acceptors (Lipinski definition) is 4. The predicted octanol–water partition coefficient (Wildman–Crippen LogP) is 4.63. The first-order chi connectivity index (χ1) is 12.9. The fourth-order valence-corrected chi connectivity index (χ4v) is 5.28. The molecule has 0 atom stereocenters. The van der Waals surface area contributed by atoms with E-state index in [4.69, 9.17) is 4.52 Å². The topological polar surface area (TPSA) is 72.2 Å². The summed E-state index contributed by atoms with van der Waals surface area (Å²) in [5.41, 5.74) is 2.86. The highest BCUT2D eigenvalue weighted by molar-refractivity contribution is 9.10. The summed E-state index contributed by atoms with van der Waals surface area (Å²) in [6.07, 6.45) is 2.72. The molecule has 1 saturated carbocycles. The van der Waals surface area contributed by atoms with Gasteiger partial charge in [-0.1, -0.05) is 39.3 Å². The van der Waals surface area contributed by atoms with E-state index in [0.29, 0.717) is 12.2 Å². The molecular formula is C19H14BrFN2O3S. The Hall–Kier alpha value is -2.19. The lowest BCUT2D eigenvalue weighted by molar-refractivity contribution is 0.431. The van der Waals surface area contributed by atoms with E-state index in [0.717, 1.165) is 34.5 Å². The van der Waals surface area contributed by atoms with Crippen LogP contribution in [0.15, 0.2) is 56.4 Å². The Morgan fingerprint density at radius 2 is 1.96 bits per heavy atom. The molecule has 27 heavy (non-hydrogen) atoms. The van der Waals surface area contributed by atoms with E-state index in [1.165, 1.54) is 23.8 Å². The molecule has 2 aliphatic carbocycles. The van der Waals surface area contributed by atoms with Gasteiger partial charge in [0, 0.05) is 21.0 Å². The van der Waals surface area contributed by atoms with Gasteiger partial charge in [0.1, 0.15) is 10.7 Å². The number of rotatable bonds is 3. The van der Waals surface area contributed by atoms with Gasteiger partial charge in [-0.25, -0.2) is 12.8 Å². The number of halogens is 2. The molecule has 138 valence electrons. The molecule has 3 aromatic rings.